The maximum absolute atomic E-state index is 11.5. The first kappa shape index (κ1) is 17.3. The predicted molar refractivity (Wildman–Crippen MR) is 99.8 cm³/mol. The molecule has 0 saturated heterocycles. The molecule has 3 N–H and O–H groups in total. The smallest absolute Gasteiger partial charge is 0.408 e. The molecule has 0 amide bonds. The maximum atomic E-state index is 11.5. The molecule has 2 aromatic carbocycles. The topological polar surface area (TPSA) is 113 Å². The molecule has 0 aliphatic carbocycles. The van der Waals surface area contributed by atoms with Crippen molar-refractivity contribution in [1.29, 1.82) is 0 Å². The summed E-state index contributed by atoms with van der Waals surface area (Å²) in [5.74, 6) is -0.889. The number of aliphatic hydroxyl groups excluding tert-OH is 1. The number of aliphatic hydroxyl groups is 1. The zero-order valence-corrected chi connectivity index (χ0v) is 14.7. The summed E-state index contributed by atoms with van der Waals surface area (Å²) in [4.78, 5) is 25.3. The van der Waals surface area contributed by atoms with E-state index in [9.17, 15) is 14.7 Å². The van der Waals surface area contributed by atoms with Crippen molar-refractivity contribution in [2.24, 2.45) is 7.05 Å². The van der Waals surface area contributed by atoms with Crippen LogP contribution in [0.3, 0.4) is 0 Å². The number of aromatic amines is 1. The summed E-state index contributed by atoms with van der Waals surface area (Å²) < 4.78 is 11.6. The van der Waals surface area contributed by atoms with Gasteiger partial charge in [0.25, 0.3) is 0 Å². The number of hydrogen-bond acceptors (Lipinski definition) is 6. The number of aromatic nitrogens is 2. The first-order valence-electron chi connectivity index (χ1n) is 8.61. The van der Waals surface area contributed by atoms with Crippen molar-refractivity contribution in [3.63, 3.8) is 0 Å². The Balaban J connectivity index is 1.35. The lowest BCUT2D eigenvalue weighted by molar-refractivity contribution is 0.175. The largest absolute Gasteiger partial charge is 0.419 e. The second kappa shape index (κ2) is 6.90. The number of aryl methyl sites for hydroxylation is 1. The normalized spacial score (nSPS) is 12.8. The third kappa shape index (κ3) is 3.44. The SMILES string of the molecule is Cn1c(=O)oc2cc(C(O)CNCCc3ccc4[nH]c(=O)oc4c3)ccc21. The lowest BCUT2D eigenvalue weighted by atomic mass is 10.1. The molecule has 8 heteroatoms. The third-order valence-electron chi connectivity index (χ3n) is 4.61. The predicted octanol–water partition coefficient (Wildman–Crippen LogP) is 1.43. The van der Waals surface area contributed by atoms with Gasteiger partial charge in [-0.2, -0.15) is 0 Å². The lowest BCUT2D eigenvalue weighted by Gasteiger charge is -2.12. The van der Waals surface area contributed by atoms with Crippen LogP contribution in [0.15, 0.2) is 54.8 Å². The average molecular weight is 369 g/mol. The molecule has 1 atom stereocenters. The summed E-state index contributed by atoms with van der Waals surface area (Å²) in [7, 11) is 1.64. The molecule has 2 aromatic heterocycles. The standard InChI is InChI=1S/C19H19N3O5/c1-22-14-5-3-12(9-17(14)27-19(22)25)15(23)10-20-7-6-11-2-4-13-16(8-11)26-18(24)21-13/h2-5,8-9,15,20,23H,6-7,10H2,1H3,(H,21,24). The monoisotopic (exact) mass is 369 g/mol. The quantitative estimate of drug-likeness (QED) is 0.443. The lowest BCUT2D eigenvalue weighted by Crippen LogP contribution is -2.23. The summed E-state index contributed by atoms with van der Waals surface area (Å²) in [6.07, 6.45) is 0.00882. The van der Waals surface area contributed by atoms with E-state index in [4.69, 9.17) is 8.83 Å². The van der Waals surface area contributed by atoms with E-state index in [2.05, 4.69) is 10.3 Å². The van der Waals surface area contributed by atoms with Crippen LogP contribution in [0.5, 0.6) is 0 Å². The summed E-state index contributed by atoms with van der Waals surface area (Å²) in [6, 6.07) is 10.8. The highest BCUT2D eigenvalue weighted by atomic mass is 16.4. The van der Waals surface area contributed by atoms with E-state index in [1.807, 2.05) is 18.2 Å². The van der Waals surface area contributed by atoms with Crippen LogP contribution in [-0.4, -0.2) is 27.7 Å². The fourth-order valence-corrected chi connectivity index (χ4v) is 3.09. The Hall–Kier alpha value is -3.10. The maximum Gasteiger partial charge on any atom is 0.419 e. The highest BCUT2D eigenvalue weighted by Crippen LogP contribution is 2.19. The molecule has 0 aliphatic rings. The van der Waals surface area contributed by atoms with Gasteiger partial charge in [0.2, 0.25) is 0 Å². The molecular formula is C19H19N3O5. The van der Waals surface area contributed by atoms with Crippen molar-refractivity contribution >= 4 is 22.2 Å². The Morgan fingerprint density at radius 1 is 1.15 bits per heavy atom. The summed E-state index contributed by atoms with van der Waals surface area (Å²) in [6.45, 7) is 1.02. The van der Waals surface area contributed by atoms with Gasteiger partial charge in [0.15, 0.2) is 11.2 Å². The van der Waals surface area contributed by atoms with Gasteiger partial charge < -0.3 is 19.3 Å². The second-order valence-corrected chi connectivity index (χ2v) is 6.47. The van der Waals surface area contributed by atoms with E-state index in [0.717, 1.165) is 12.0 Å². The van der Waals surface area contributed by atoms with Crippen LogP contribution in [0.25, 0.3) is 22.2 Å². The molecule has 140 valence electrons. The highest BCUT2D eigenvalue weighted by molar-refractivity contribution is 5.74. The summed E-state index contributed by atoms with van der Waals surface area (Å²) in [5, 5.41) is 13.6. The molecule has 4 aromatic rings. The number of H-pyrrole nitrogens is 1. The van der Waals surface area contributed by atoms with Crippen molar-refractivity contribution in [3.8, 4) is 0 Å². The zero-order chi connectivity index (χ0) is 19.0. The number of benzene rings is 2. The number of nitrogens with zero attached hydrogens (tertiary/aromatic N) is 1. The first-order valence-corrected chi connectivity index (χ1v) is 8.61. The van der Waals surface area contributed by atoms with Crippen molar-refractivity contribution in [2.75, 3.05) is 13.1 Å². The van der Waals surface area contributed by atoms with Crippen molar-refractivity contribution in [2.45, 2.75) is 12.5 Å². The van der Waals surface area contributed by atoms with Crippen LogP contribution in [0, 0.1) is 0 Å². The van der Waals surface area contributed by atoms with E-state index >= 15 is 0 Å². The Morgan fingerprint density at radius 2 is 2.00 bits per heavy atom. The molecule has 0 fully saturated rings. The third-order valence-corrected chi connectivity index (χ3v) is 4.61. The minimum absolute atomic E-state index is 0.365. The van der Waals surface area contributed by atoms with Gasteiger partial charge in [0.05, 0.1) is 17.1 Å². The first-order chi connectivity index (χ1) is 13.0. The fourth-order valence-electron chi connectivity index (χ4n) is 3.09. The van der Waals surface area contributed by atoms with Crippen LogP contribution < -0.4 is 16.8 Å². The van der Waals surface area contributed by atoms with Gasteiger partial charge >= 0.3 is 11.5 Å². The molecule has 8 nitrogen and oxygen atoms in total. The Kier molecular flexibility index (Phi) is 4.43. The molecule has 0 radical (unpaired) electrons. The molecule has 0 spiro atoms. The van der Waals surface area contributed by atoms with Crippen molar-refractivity contribution in [3.05, 3.63) is 68.6 Å². The molecule has 0 saturated carbocycles. The molecule has 0 bridgehead atoms. The van der Waals surface area contributed by atoms with Gasteiger partial charge in [0, 0.05) is 13.6 Å². The van der Waals surface area contributed by atoms with Gasteiger partial charge in [-0.15, -0.1) is 0 Å². The van der Waals surface area contributed by atoms with Crippen LogP contribution in [0.4, 0.5) is 0 Å². The second-order valence-electron chi connectivity index (χ2n) is 6.47. The number of hydrogen-bond donors (Lipinski definition) is 3. The zero-order valence-electron chi connectivity index (χ0n) is 14.7. The van der Waals surface area contributed by atoms with Gasteiger partial charge in [-0.05, 0) is 48.4 Å². The van der Waals surface area contributed by atoms with E-state index in [1.165, 1.54) is 4.57 Å². The summed E-state index contributed by atoms with van der Waals surface area (Å²) >= 11 is 0. The fraction of sp³-hybridized carbons (Fsp3) is 0.263. The molecule has 27 heavy (non-hydrogen) atoms. The van der Waals surface area contributed by atoms with Crippen LogP contribution in [-0.2, 0) is 13.5 Å². The van der Waals surface area contributed by atoms with Crippen LogP contribution in [0.2, 0.25) is 0 Å². The number of oxazole rings is 2. The Morgan fingerprint density at radius 3 is 2.85 bits per heavy atom. The van der Waals surface area contributed by atoms with E-state index in [1.54, 1.807) is 25.2 Å². The number of fused-ring (bicyclic) bond motifs is 2. The molecule has 2 heterocycles. The van der Waals surface area contributed by atoms with Gasteiger partial charge in [-0.25, -0.2) is 9.59 Å². The highest BCUT2D eigenvalue weighted by Gasteiger charge is 2.12. The van der Waals surface area contributed by atoms with Gasteiger partial charge in [-0.3, -0.25) is 9.55 Å². The molecule has 4 rings (SSSR count). The number of rotatable bonds is 6. The Labute approximate surface area is 153 Å². The van der Waals surface area contributed by atoms with E-state index in [-0.39, 0.29) is 0 Å². The minimum Gasteiger partial charge on any atom is -0.408 e. The van der Waals surface area contributed by atoms with Gasteiger partial charge in [-0.1, -0.05) is 12.1 Å². The van der Waals surface area contributed by atoms with E-state index < -0.39 is 17.6 Å². The molecule has 1 unspecified atom stereocenters. The molecular weight excluding hydrogens is 350 g/mol. The minimum atomic E-state index is -0.718. The molecule has 0 aliphatic heterocycles. The number of nitrogens with one attached hydrogen (secondary N) is 2. The van der Waals surface area contributed by atoms with Gasteiger partial charge in [0.1, 0.15) is 0 Å². The Bertz CT molecular complexity index is 1210. The van der Waals surface area contributed by atoms with Crippen molar-refractivity contribution < 1.29 is 13.9 Å². The van der Waals surface area contributed by atoms with Crippen molar-refractivity contribution in [1.82, 2.24) is 14.9 Å². The average Bonchev–Trinajstić information content (AvgIpc) is 3.16. The van der Waals surface area contributed by atoms with Crippen LogP contribution in [0.1, 0.15) is 17.2 Å². The van der Waals surface area contributed by atoms with E-state index in [0.29, 0.717) is 40.9 Å². The van der Waals surface area contributed by atoms with Crippen LogP contribution >= 0.6 is 0 Å². The summed E-state index contributed by atoms with van der Waals surface area (Å²) in [5.41, 5.74) is 4.07.